The Bertz CT molecular complexity index is 1390. The average molecular weight is 745 g/mol. The molecule has 16 heteroatoms. The second-order valence-electron chi connectivity index (χ2n) is 14.6. The number of nitrogens with zero attached hydrogens (tertiary/aromatic N) is 3. The number of rotatable bonds is 22. The van der Waals surface area contributed by atoms with Crippen LogP contribution in [-0.2, 0) is 35.3 Å². The second-order valence-corrected chi connectivity index (χ2v) is 14.6. The Morgan fingerprint density at radius 2 is 1.55 bits per heavy atom. The van der Waals surface area contributed by atoms with E-state index in [4.69, 9.17) is 10.5 Å². The van der Waals surface area contributed by atoms with E-state index >= 15 is 0 Å². The third-order valence-electron chi connectivity index (χ3n) is 8.92. The number of aliphatic hydroxyl groups is 1. The van der Waals surface area contributed by atoms with Crippen LogP contribution in [0, 0.1) is 5.92 Å². The molecule has 1 aromatic carbocycles. The Labute approximate surface area is 313 Å². The molecule has 7 N–H and O–H groups in total. The van der Waals surface area contributed by atoms with Crippen LogP contribution in [-0.4, -0.2) is 120 Å². The Balaban J connectivity index is 1.93. The number of aliphatic hydroxyl groups excluding tert-OH is 1. The molecule has 0 spiro atoms. The predicted molar refractivity (Wildman–Crippen MR) is 201 cm³/mol. The van der Waals surface area contributed by atoms with E-state index in [-0.39, 0.29) is 61.7 Å². The van der Waals surface area contributed by atoms with Crippen molar-refractivity contribution in [2.45, 2.75) is 104 Å². The molecule has 1 heterocycles. The van der Waals surface area contributed by atoms with E-state index in [1.165, 1.54) is 17.1 Å². The minimum absolute atomic E-state index is 0.0176. The van der Waals surface area contributed by atoms with Crippen LogP contribution in [0.1, 0.15) is 78.7 Å². The summed E-state index contributed by atoms with van der Waals surface area (Å²) < 4.78 is 5.46. The van der Waals surface area contributed by atoms with Gasteiger partial charge in [-0.3, -0.25) is 44.8 Å². The highest BCUT2D eigenvalue weighted by molar-refractivity contribution is 6.12. The van der Waals surface area contributed by atoms with Crippen molar-refractivity contribution < 1.29 is 38.6 Å². The van der Waals surface area contributed by atoms with Crippen LogP contribution < -0.4 is 27.0 Å². The summed E-state index contributed by atoms with van der Waals surface area (Å²) in [4.78, 5) is 80.4. The molecule has 1 aliphatic rings. The maximum absolute atomic E-state index is 13.4. The molecule has 6 amide bonds. The van der Waals surface area contributed by atoms with E-state index in [1.807, 2.05) is 7.05 Å². The van der Waals surface area contributed by atoms with E-state index in [9.17, 15) is 33.9 Å². The lowest BCUT2D eigenvalue weighted by Gasteiger charge is -2.33. The molecule has 2 rings (SSSR count). The van der Waals surface area contributed by atoms with E-state index < -0.39 is 36.3 Å². The lowest BCUT2D eigenvalue weighted by atomic mass is 10.0. The standard InChI is InChI=1S/C37H60N8O8/c1-25(2)32(42-29(46)13-9-8-10-21-45-30(47)18-19-31(45)48)34(50)41-28(12-11-20-39-35(38)51)33(49)40-27-16-14-26(15-17-27)24-53-36(52)43(6)22-23-44(7)37(3,4)5/h14-19,25,28,32,35,39,51H,8-13,20-24,38H2,1-7H3,(H,40,49)(H,41,50)(H,42,46)/t28-,32-,35?/m0/s1. The van der Waals surface area contributed by atoms with E-state index in [0.717, 1.165) is 10.5 Å². The van der Waals surface area contributed by atoms with Crippen LogP contribution in [0.15, 0.2) is 36.4 Å². The first-order valence-corrected chi connectivity index (χ1v) is 18.2. The number of ether oxygens (including phenoxy) is 1. The van der Waals surface area contributed by atoms with Gasteiger partial charge in [-0.2, -0.15) is 0 Å². The smallest absolute Gasteiger partial charge is 0.409 e. The molecule has 53 heavy (non-hydrogen) atoms. The van der Waals surface area contributed by atoms with Gasteiger partial charge in [-0.1, -0.05) is 32.4 Å². The van der Waals surface area contributed by atoms with Crippen molar-refractivity contribution in [3.63, 3.8) is 0 Å². The van der Waals surface area contributed by atoms with Gasteiger partial charge in [-0.25, -0.2) is 4.79 Å². The summed E-state index contributed by atoms with van der Waals surface area (Å²) in [5, 5.41) is 20.4. The van der Waals surface area contributed by atoms with Crippen LogP contribution in [0.4, 0.5) is 10.5 Å². The minimum atomic E-state index is -1.23. The van der Waals surface area contributed by atoms with Gasteiger partial charge in [-0.05, 0) is 83.7 Å². The van der Waals surface area contributed by atoms with Crippen molar-refractivity contribution >= 4 is 41.3 Å². The van der Waals surface area contributed by atoms with Gasteiger partial charge in [0.15, 0.2) is 6.35 Å². The number of likely N-dealkylation sites (N-methyl/N-ethyl adjacent to an activating group) is 2. The van der Waals surface area contributed by atoms with Crippen molar-refractivity contribution in [1.29, 1.82) is 0 Å². The summed E-state index contributed by atoms with van der Waals surface area (Å²) in [6.45, 7) is 11.7. The highest BCUT2D eigenvalue weighted by Crippen LogP contribution is 2.14. The summed E-state index contributed by atoms with van der Waals surface area (Å²) in [6.07, 6.45) is 3.20. The van der Waals surface area contributed by atoms with Crippen LogP contribution >= 0.6 is 0 Å². The Morgan fingerprint density at radius 3 is 2.13 bits per heavy atom. The summed E-state index contributed by atoms with van der Waals surface area (Å²) in [5.74, 6) is -2.31. The Kier molecular flexibility index (Phi) is 18.6. The van der Waals surface area contributed by atoms with Gasteiger partial charge in [0.1, 0.15) is 18.7 Å². The maximum Gasteiger partial charge on any atom is 0.409 e. The first-order chi connectivity index (χ1) is 24.9. The SMILES string of the molecule is CC(C)[C@H](NC(=O)CCCCCN1C(=O)C=CC1=O)C(=O)N[C@@H](CCCNC(N)O)C(=O)Nc1ccc(COC(=O)N(C)CCN(C)C(C)(C)C)cc1. The molecule has 1 aromatic rings. The van der Waals surface area contributed by atoms with Crippen molar-refractivity contribution in [3.8, 4) is 0 Å². The highest BCUT2D eigenvalue weighted by atomic mass is 16.6. The lowest BCUT2D eigenvalue weighted by Crippen LogP contribution is -2.54. The fourth-order valence-corrected chi connectivity index (χ4v) is 5.15. The summed E-state index contributed by atoms with van der Waals surface area (Å²) in [5.41, 5.74) is 6.52. The lowest BCUT2D eigenvalue weighted by molar-refractivity contribution is -0.137. The second kappa shape index (κ2) is 22.0. The fraction of sp³-hybridized carbons (Fsp3) is 0.622. The third kappa shape index (κ3) is 16.4. The van der Waals surface area contributed by atoms with E-state index in [1.54, 1.807) is 45.2 Å². The molecule has 16 nitrogen and oxygen atoms in total. The summed E-state index contributed by atoms with van der Waals surface area (Å²) in [6, 6.07) is 4.91. The number of imide groups is 1. The molecular formula is C37H60N8O8. The van der Waals surface area contributed by atoms with Gasteiger partial charge >= 0.3 is 6.09 Å². The summed E-state index contributed by atoms with van der Waals surface area (Å²) >= 11 is 0. The monoisotopic (exact) mass is 744 g/mol. The molecule has 3 atom stereocenters. The van der Waals surface area contributed by atoms with Gasteiger partial charge < -0.3 is 30.7 Å². The number of nitrogens with two attached hydrogens (primary N) is 1. The number of carbonyl (C=O) groups excluding carboxylic acids is 6. The number of benzene rings is 1. The first-order valence-electron chi connectivity index (χ1n) is 18.2. The van der Waals surface area contributed by atoms with E-state index in [2.05, 4.69) is 46.9 Å². The predicted octanol–water partition coefficient (Wildman–Crippen LogP) is 1.64. The van der Waals surface area contributed by atoms with Crippen LogP contribution in [0.25, 0.3) is 0 Å². The van der Waals surface area contributed by atoms with Crippen molar-refractivity contribution in [2.24, 2.45) is 11.7 Å². The minimum Gasteiger partial charge on any atom is -0.445 e. The van der Waals surface area contributed by atoms with Crippen LogP contribution in [0.2, 0.25) is 0 Å². The highest BCUT2D eigenvalue weighted by Gasteiger charge is 2.29. The fourth-order valence-electron chi connectivity index (χ4n) is 5.15. The third-order valence-corrected chi connectivity index (χ3v) is 8.92. The topological polar surface area (TPSA) is 216 Å². The largest absolute Gasteiger partial charge is 0.445 e. The normalized spacial score (nSPS) is 14.7. The van der Waals surface area contributed by atoms with Crippen molar-refractivity contribution in [2.75, 3.05) is 45.6 Å². The van der Waals surface area contributed by atoms with Crippen LogP contribution in [0.5, 0.6) is 0 Å². The number of amides is 6. The van der Waals surface area contributed by atoms with Gasteiger partial charge in [0.25, 0.3) is 11.8 Å². The molecule has 0 aliphatic carbocycles. The Hall–Kier alpha value is -4.38. The number of anilines is 1. The molecule has 1 unspecified atom stereocenters. The zero-order chi connectivity index (χ0) is 39.7. The number of nitrogens with one attached hydrogen (secondary N) is 4. The zero-order valence-corrected chi connectivity index (χ0v) is 32.3. The van der Waals surface area contributed by atoms with Gasteiger partial charge in [0.2, 0.25) is 17.7 Å². The number of unbranched alkanes of at least 4 members (excludes halogenated alkanes) is 2. The zero-order valence-electron chi connectivity index (χ0n) is 32.3. The summed E-state index contributed by atoms with van der Waals surface area (Å²) in [7, 11) is 3.69. The first kappa shape index (κ1) is 44.8. The molecule has 296 valence electrons. The molecule has 0 fully saturated rings. The van der Waals surface area contributed by atoms with Crippen molar-refractivity contribution in [3.05, 3.63) is 42.0 Å². The van der Waals surface area contributed by atoms with Crippen molar-refractivity contribution in [1.82, 2.24) is 30.7 Å². The molecule has 0 saturated carbocycles. The van der Waals surface area contributed by atoms with E-state index in [0.29, 0.717) is 44.5 Å². The quantitative estimate of drug-likeness (QED) is 0.0570. The number of hydrogen-bond acceptors (Lipinski definition) is 11. The van der Waals surface area contributed by atoms with Gasteiger partial charge in [0.05, 0.1) is 0 Å². The van der Waals surface area contributed by atoms with Gasteiger partial charge in [0, 0.05) is 56.5 Å². The number of hydrogen-bond donors (Lipinski definition) is 6. The molecule has 0 aromatic heterocycles. The average Bonchev–Trinajstić information content (AvgIpc) is 3.41. The maximum atomic E-state index is 13.4. The van der Waals surface area contributed by atoms with Gasteiger partial charge in [-0.15, -0.1) is 0 Å². The molecule has 1 aliphatic heterocycles. The molecular weight excluding hydrogens is 684 g/mol. The molecule has 0 bridgehead atoms. The van der Waals surface area contributed by atoms with Crippen LogP contribution in [0.3, 0.4) is 0 Å². The molecule has 0 saturated heterocycles. The molecule has 0 radical (unpaired) electrons. The number of carbonyl (C=O) groups is 6. The Morgan fingerprint density at radius 1 is 0.906 bits per heavy atom.